The average molecular weight is 254 g/mol. The van der Waals surface area contributed by atoms with Crippen LogP contribution in [0, 0.1) is 0 Å². The van der Waals surface area contributed by atoms with E-state index in [4.69, 9.17) is 5.73 Å². The summed E-state index contributed by atoms with van der Waals surface area (Å²) in [5.41, 5.74) is 8.29. The van der Waals surface area contributed by atoms with Crippen molar-refractivity contribution >= 4 is 22.7 Å². The van der Waals surface area contributed by atoms with Crippen LogP contribution in [-0.4, -0.2) is 26.0 Å². The smallest absolute Gasteiger partial charge is 0.338 e. The third-order valence-electron chi connectivity index (χ3n) is 2.86. The van der Waals surface area contributed by atoms with E-state index in [1.54, 1.807) is 18.2 Å². The molecule has 0 unspecified atom stereocenters. The van der Waals surface area contributed by atoms with Crippen LogP contribution in [0.15, 0.2) is 36.8 Å². The minimum Gasteiger partial charge on any atom is -0.478 e. The number of H-pyrrole nitrogens is 1. The van der Waals surface area contributed by atoms with Gasteiger partial charge in [0.25, 0.3) is 0 Å². The largest absolute Gasteiger partial charge is 0.478 e. The average Bonchev–Trinajstić information content (AvgIpc) is 2.82. The maximum Gasteiger partial charge on any atom is 0.338 e. The molecule has 3 rings (SSSR count). The Labute approximate surface area is 107 Å². The van der Waals surface area contributed by atoms with Crippen molar-refractivity contribution in [1.29, 1.82) is 0 Å². The number of hydrogen-bond donors (Lipinski definition) is 3. The van der Waals surface area contributed by atoms with E-state index in [0.29, 0.717) is 22.4 Å². The lowest BCUT2D eigenvalue weighted by Gasteiger charge is -2.04. The third-order valence-corrected chi connectivity index (χ3v) is 2.86. The first kappa shape index (κ1) is 11.2. The topological polar surface area (TPSA) is 105 Å². The van der Waals surface area contributed by atoms with E-state index >= 15 is 0 Å². The Morgan fingerprint density at radius 1 is 1.32 bits per heavy atom. The van der Waals surface area contributed by atoms with Crippen LogP contribution in [0.4, 0.5) is 5.69 Å². The van der Waals surface area contributed by atoms with E-state index in [9.17, 15) is 9.90 Å². The standard InChI is InChI=1S/C13H10N4O2/c14-8-3-1-2-7(4-8)11-10-9(13(18)19)5-15-12(10)17-6-16-11/h1-6H,14H2,(H,18,19)(H,15,16,17). The number of aromatic nitrogens is 3. The van der Waals surface area contributed by atoms with E-state index in [1.165, 1.54) is 12.5 Å². The number of nitrogens with zero attached hydrogens (tertiary/aromatic N) is 2. The maximum absolute atomic E-state index is 11.2. The molecule has 19 heavy (non-hydrogen) atoms. The summed E-state index contributed by atoms with van der Waals surface area (Å²) in [4.78, 5) is 22.3. The Bertz CT molecular complexity index is 779. The van der Waals surface area contributed by atoms with Gasteiger partial charge in [0.1, 0.15) is 12.0 Å². The molecule has 3 aromatic rings. The predicted molar refractivity (Wildman–Crippen MR) is 70.7 cm³/mol. The SMILES string of the molecule is Nc1cccc(-c2ncnc3[nH]cc(C(=O)O)c23)c1. The number of aromatic carboxylic acids is 1. The van der Waals surface area contributed by atoms with Crippen molar-refractivity contribution in [3.63, 3.8) is 0 Å². The molecule has 0 radical (unpaired) electrons. The van der Waals surface area contributed by atoms with Crippen molar-refractivity contribution in [3.8, 4) is 11.3 Å². The van der Waals surface area contributed by atoms with Crippen molar-refractivity contribution in [3.05, 3.63) is 42.4 Å². The summed E-state index contributed by atoms with van der Waals surface area (Å²) in [5.74, 6) is -1.02. The monoisotopic (exact) mass is 254 g/mol. The van der Waals surface area contributed by atoms with Gasteiger partial charge < -0.3 is 15.8 Å². The summed E-state index contributed by atoms with van der Waals surface area (Å²) in [6.07, 6.45) is 2.81. The summed E-state index contributed by atoms with van der Waals surface area (Å²) in [6.45, 7) is 0. The fraction of sp³-hybridized carbons (Fsp3) is 0. The number of benzene rings is 1. The Hall–Kier alpha value is -2.89. The van der Waals surface area contributed by atoms with Gasteiger partial charge in [-0.2, -0.15) is 0 Å². The van der Waals surface area contributed by atoms with Crippen LogP contribution in [-0.2, 0) is 0 Å². The quantitative estimate of drug-likeness (QED) is 0.606. The van der Waals surface area contributed by atoms with E-state index in [-0.39, 0.29) is 5.56 Å². The number of anilines is 1. The fourth-order valence-corrected chi connectivity index (χ4v) is 2.04. The lowest BCUT2D eigenvalue weighted by molar-refractivity contribution is 0.0699. The highest BCUT2D eigenvalue weighted by Crippen LogP contribution is 2.28. The Morgan fingerprint density at radius 2 is 2.16 bits per heavy atom. The number of nitrogens with one attached hydrogen (secondary N) is 1. The fourth-order valence-electron chi connectivity index (χ4n) is 2.04. The van der Waals surface area contributed by atoms with Crippen LogP contribution in [0.25, 0.3) is 22.3 Å². The molecule has 6 heteroatoms. The molecule has 0 saturated carbocycles. The van der Waals surface area contributed by atoms with Gasteiger partial charge in [-0.3, -0.25) is 0 Å². The van der Waals surface area contributed by atoms with Gasteiger partial charge in [0.15, 0.2) is 0 Å². The number of carboxylic acid groups (broad SMARTS) is 1. The van der Waals surface area contributed by atoms with Gasteiger partial charge in [0, 0.05) is 17.4 Å². The van der Waals surface area contributed by atoms with Gasteiger partial charge in [-0.1, -0.05) is 12.1 Å². The van der Waals surface area contributed by atoms with Crippen LogP contribution in [0.1, 0.15) is 10.4 Å². The normalized spacial score (nSPS) is 10.7. The highest BCUT2D eigenvalue weighted by molar-refractivity contribution is 6.07. The van der Waals surface area contributed by atoms with Crippen LogP contribution < -0.4 is 5.73 Å². The second kappa shape index (κ2) is 4.09. The molecule has 0 saturated heterocycles. The molecule has 2 aromatic heterocycles. The van der Waals surface area contributed by atoms with Crippen molar-refractivity contribution in [2.75, 3.05) is 5.73 Å². The highest BCUT2D eigenvalue weighted by Gasteiger charge is 2.16. The first-order chi connectivity index (χ1) is 9.16. The van der Waals surface area contributed by atoms with Gasteiger partial charge in [-0.15, -0.1) is 0 Å². The van der Waals surface area contributed by atoms with E-state index in [2.05, 4.69) is 15.0 Å². The van der Waals surface area contributed by atoms with Gasteiger partial charge in [0.05, 0.1) is 16.6 Å². The van der Waals surface area contributed by atoms with E-state index in [0.717, 1.165) is 5.56 Å². The molecule has 0 amide bonds. The molecule has 0 atom stereocenters. The summed E-state index contributed by atoms with van der Waals surface area (Å²) < 4.78 is 0. The first-order valence-electron chi connectivity index (χ1n) is 5.58. The third kappa shape index (κ3) is 1.79. The van der Waals surface area contributed by atoms with Crippen LogP contribution in [0.2, 0.25) is 0 Å². The zero-order valence-electron chi connectivity index (χ0n) is 9.79. The van der Waals surface area contributed by atoms with Gasteiger partial charge in [-0.05, 0) is 12.1 Å². The zero-order chi connectivity index (χ0) is 13.4. The number of carboxylic acids is 1. The summed E-state index contributed by atoms with van der Waals surface area (Å²) in [7, 11) is 0. The lowest BCUT2D eigenvalue weighted by Crippen LogP contribution is -1.97. The molecule has 4 N–H and O–H groups in total. The lowest BCUT2D eigenvalue weighted by atomic mass is 10.1. The molecule has 0 aliphatic carbocycles. The minimum absolute atomic E-state index is 0.146. The minimum atomic E-state index is -1.02. The Balaban J connectivity index is 2.35. The first-order valence-corrected chi connectivity index (χ1v) is 5.58. The second-order valence-electron chi connectivity index (χ2n) is 4.08. The number of hydrogen-bond acceptors (Lipinski definition) is 4. The van der Waals surface area contributed by atoms with Gasteiger partial charge >= 0.3 is 5.97 Å². The van der Waals surface area contributed by atoms with E-state index in [1.807, 2.05) is 6.07 Å². The molecule has 0 aliphatic rings. The van der Waals surface area contributed by atoms with Crippen molar-refractivity contribution in [2.45, 2.75) is 0 Å². The van der Waals surface area contributed by atoms with Crippen molar-refractivity contribution < 1.29 is 9.90 Å². The van der Waals surface area contributed by atoms with E-state index < -0.39 is 5.97 Å². The van der Waals surface area contributed by atoms with Crippen molar-refractivity contribution in [1.82, 2.24) is 15.0 Å². The molecular formula is C13H10N4O2. The predicted octanol–water partition coefficient (Wildman–Crippen LogP) is 1.91. The maximum atomic E-state index is 11.2. The Kier molecular flexibility index (Phi) is 2.42. The number of fused-ring (bicyclic) bond motifs is 1. The molecule has 94 valence electrons. The molecular weight excluding hydrogens is 244 g/mol. The van der Waals surface area contributed by atoms with Gasteiger partial charge in [-0.25, -0.2) is 14.8 Å². The molecule has 1 aromatic carbocycles. The molecule has 0 bridgehead atoms. The van der Waals surface area contributed by atoms with Crippen LogP contribution >= 0.6 is 0 Å². The van der Waals surface area contributed by atoms with Crippen LogP contribution in [0.3, 0.4) is 0 Å². The molecule has 2 heterocycles. The molecule has 6 nitrogen and oxygen atoms in total. The van der Waals surface area contributed by atoms with Crippen molar-refractivity contribution in [2.24, 2.45) is 0 Å². The van der Waals surface area contributed by atoms with Gasteiger partial charge in [0.2, 0.25) is 0 Å². The number of nitrogen functional groups attached to an aromatic ring is 1. The van der Waals surface area contributed by atoms with Crippen LogP contribution in [0.5, 0.6) is 0 Å². The summed E-state index contributed by atoms with van der Waals surface area (Å²) >= 11 is 0. The number of aromatic amines is 1. The number of rotatable bonds is 2. The molecule has 0 fully saturated rings. The Morgan fingerprint density at radius 3 is 2.89 bits per heavy atom. The summed E-state index contributed by atoms with van der Waals surface area (Å²) in [6, 6.07) is 7.14. The number of nitrogens with two attached hydrogens (primary N) is 1. The zero-order valence-corrected chi connectivity index (χ0v) is 9.79. The molecule has 0 spiro atoms. The highest BCUT2D eigenvalue weighted by atomic mass is 16.4. The molecule has 0 aliphatic heterocycles. The summed E-state index contributed by atoms with van der Waals surface area (Å²) in [5, 5.41) is 9.68. The second-order valence-corrected chi connectivity index (χ2v) is 4.08. The number of carbonyl (C=O) groups is 1.